The Morgan fingerprint density at radius 1 is 0.950 bits per heavy atom. The highest BCUT2D eigenvalue weighted by molar-refractivity contribution is 6.90. The summed E-state index contributed by atoms with van der Waals surface area (Å²) in [7, 11) is -1.57. The lowest BCUT2D eigenvalue weighted by atomic mass is 10.2. The zero-order valence-corrected chi connectivity index (χ0v) is 15.4. The molecule has 0 saturated carbocycles. The highest BCUT2D eigenvalue weighted by Crippen LogP contribution is 2.40. The first-order valence-electron chi connectivity index (χ1n) is 8.02. The molecule has 0 atom stereocenters. The highest BCUT2D eigenvalue weighted by atomic mass is 28.3. The first kappa shape index (κ1) is 17.7. The SMILES string of the molecule is CC(C)[Si](C#CCCC1(C)OCCO1)(C(C)C)C(C)C. The van der Waals surface area contributed by atoms with E-state index in [0.29, 0.717) is 29.8 Å². The quantitative estimate of drug-likeness (QED) is 0.538. The van der Waals surface area contributed by atoms with Crippen molar-refractivity contribution in [1.82, 2.24) is 0 Å². The minimum atomic E-state index is -1.57. The molecule has 0 aromatic carbocycles. The van der Waals surface area contributed by atoms with Gasteiger partial charge >= 0.3 is 0 Å². The minimum Gasteiger partial charge on any atom is -0.348 e. The van der Waals surface area contributed by atoms with E-state index in [2.05, 4.69) is 53.0 Å². The van der Waals surface area contributed by atoms with Gasteiger partial charge in [0.1, 0.15) is 8.07 Å². The number of ether oxygens (including phenoxy) is 2. The van der Waals surface area contributed by atoms with Gasteiger partial charge in [0.05, 0.1) is 13.2 Å². The predicted molar refractivity (Wildman–Crippen MR) is 88.4 cm³/mol. The van der Waals surface area contributed by atoms with Crippen molar-refractivity contribution in [2.75, 3.05) is 13.2 Å². The molecular formula is C17H32O2Si. The molecule has 20 heavy (non-hydrogen) atoms. The summed E-state index contributed by atoms with van der Waals surface area (Å²) in [6.07, 6.45) is 1.75. The molecule has 0 bridgehead atoms. The van der Waals surface area contributed by atoms with Gasteiger partial charge in [0.25, 0.3) is 0 Å². The van der Waals surface area contributed by atoms with Crippen molar-refractivity contribution in [2.45, 2.75) is 83.7 Å². The molecule has 0 N–H and O–H groups in total. The van der Waals surface area contributed by atoms with Gasteiger partial charge in [0.15, 0.2) is 5.79 Å². The Hall–Kier alpha value is -0.303. The topological polar surface area (TPSA) is 18.5 Å². The van der Waals surface area contributed by atoms with Gasteiger partial charge in [-0.2, -0.15) is 0 Å². The Labute approximate surface area is 126 Å². The molecule has 1 saturated heterocycles. The van der Waals surface area contributed by atoms with Crippen LogP contribution in [-0.4, -0.2) is 27.1 Å². The summed E-state index contributed by atoms with van der Waals surface area (Å²) in [6.45, 7) is 17.6. The van der Waals surface area contributed by atoms with E-state index in [1.807, 2.05) is 6.92 Å². The van der Waals surface area contributed by atoms with Crippen LogP contribution < -0.4 is 0 Å². The summed E-state index contributed by atoms with van der Waals surface area (Å²) in [5.41, 5.74) is 5.85. The largest absolute Gasteiger partial charge is 0.348 e. The lowest BCUT2D eigenvalue weighted by Crippen LogP contribution is -2.43. The molecule has 1 rings (SSSR count). The fraction of sp³-hybridized carbons (Fsp3) is 0.882. The zero-order valence-electron chi connectivity index (χ0n) is 14.4. The number of rotatable bonds is 5. The Morgan fingerprint density at radius 2 is 1.40 bits per heavy atom. The molecule has 3 heteroatoms. The highest BCUT2D eigenvalue weighted by Gasteiger charge is 2.41. The van der Waals surface area contributed by atoms with Crippen molar-refractivity contribution in [3.05, 3.63) is 0 Å². The summed E-state index contributed by atoms with van der Waals surface area (Å²) in [5, 5.41) is 0. The van der Waals surface area contributed by atoms with Gasteiger partial charge in [-0.05, 0) is 23.5 Å². The molecule has 0 amide bonds. The number of hydrogen-bond acceptors (Lipinski definition) is 2. The van der Waals surface area contributed by atoms with Crippen molar-refractivity contribution in [1.29, 1.82) is 0 Å². The van der Waals surface area contributed by atoms with E-state index in [0.717, 1.165) is 12.8 Å². The summed E-state index contributed by atoms with van der Waals surface area (Å²) < 4.78 is 11.3. The van der Waals surface area contributed by atoms with Crippen molar-refractivity contribution < 1.29 is 9.47 Å². The Balaban J connectivity index is 2.74. The van der Waals surface area contributed by atoms with E-state index in [4.69, 9.17) is 9.47 Å². The van der Waals surface area contributed by atoms with Crippen LogP contribution in [0.4, 0.5) is 0 Å². The molecule has 116 valence electrons. The van der Waals surface area contributed by atoms with Gasteiger partial charge in [-0.3, -0.25) is 0 Å². The smallest absolute Gasteiger partial charge is 0.166 e. The molecule has 2 nitrogen and oxygen atoms in total. The first-order chi connectivity index (χ1) is 9.24. The molecule has 0 aromatic rings. The molecule has 1 fully saturated rings. The standard InChI is InChI=1S/C17H32O2Si/c1-14(2)20(15(3)4,16(5)6)13-9-8-10-17(7)18-11-12-19-17/h14-16H,8,10-12H2,1-7H3. The summed E-state index contributed by atoms with van der Waals surface area (Å²) >= 11 is 0. The van der Waals surface area contributed by atoms with Crippen LogP contribution in [0.15, 0.2) is 0 Å². The second kappa shape index (κ2) is 7.11. The monoisotopic (exact) mass is 296 g/mol. The molecule has 0 radical (unpaired) electrons. The Bertz CT molecular complexity index is 335. The third-order valence-corrected chi connectivity index (χ3v) is 11.1. The first-order valence-corrected chi connectivity index (χ1v) is 10.3. The van der Waals surface area contributed by atoms with Crippen molar-refractivity contribution >= 4 is 8.07 Å². The van der Waals surface area contributed by atoms with Crippen LogP contribution in [0.5, 0.6) is 0 Å². The van der Waals surface area contributed by atoms with Gasteiger partial charge in [0.2, 0.25) is 0 Å². The second-order valence-corrected chi connectivity index (χ2v) is 12.6. The maximum absolute atomic E-state index is 5.64. The predicted octanol–water partition coefficient (Wildman–Crippen LogP) is 4.75. The van der Waals surface area contributed by atoms with Crippen LogP contribution in [0.2, 0.25) is 16.6 Å². The second-order valence-electron chi connectivity index (χ2n) is 7.03. The minimum absolute atomic E-state index is 0.396. The van der Waals surface area contributed by atoms with Gasteiger partial charge in [-0.15, -0.1) is 11.5 Å². The molecule has 0 aliphatic carbocycles. The molecule has 0 spiro atoms. The molecule has 1 heterocycles. The zero-order chi connectivity index (χ0) is 15.4. The fourth-order valence-electron chi connectivity index (χ4n) is 3.64. The Kier molecular flexibility index (Phi) is 6.31. The maximum atomic E-state index is 5.64. The van der Waals surface area contributed by atoms with Gasteiger partial charge in [-0.25, -0.2) is 0 Å². The maximum Gasteiger partial charge on any atom is 0.166 e. The van der Waals surface area contributed by atoms with Crippen molar-refractivity contribution in [2.24, 2.45) is 0 Å². The summed E-state index contributed by atoms with van der Waals surface area (Å²) in [5.74, 6) is 3.08. The van der Waals surface area contributed by atoms with Gasteiger partial charge in [0, 0.05) is 12.8 Å². The van der Waals surface area contributed by atoms with E-state index >= 15 is 0 Å². The van der Waals surface area contributed by atoms with Crippen LogP contribution in [-0.2, 0) is 9.47 Å². The van der Waals surface area contributed by atoms with E-state index in [-0.39, 0.29) is 0 Å². The van der Waals surface area contributed by atoms with Crippen LogP contribution in [0.3, 0.4) is 0 Å². The lowest BCUT2D eigenvalue weighted by Gasteiger charge is -2.38. The molecule has 0 aromatic heterocycles. The normalized spacial score (nSPS) is 18.7. The third kappa shape index (κ3) is 3.87. The summed E-state index contributed by atoms with van der Waals surface area (Å²) in [4.78, 5) is 0. The lowest BCUT2D eigenvalue weighted by molar-refractivity contribution is -0.145. The summed E-state index contributed by atoms with van der Waals surface area (Å²) in [6, 6.07) is 0. The van der Waals surface area contributed by atoms with E-state index in [1.165, 1.54) is 0 Å². The van der Waals surface area contributed by atoms with Crippen LogP contribution in [0, 0.1) is 11.5 Å². The average molecular weight is 297 g/mol. The van der Waals surface area contributed by atoms with Gasteiger partial charge in [-0.1, -0.05) is 41.5 Å². The van der Waals surface area contributed by atoms with Crippen molar-refractivity contribution in [3.8, 4) is 11.5 Å². The number of hydrogen-bond donors (Lipinski definition) is 0. The van der Waals surface area contributed by atoms with E-state index in [9.17, 15) is 0 Å². The Morgan fingerprint density at radius 3 is 1.80 bits per heavy atom. The van der Waals surface area contributed by atoms with Crippen molar-refractivity contribution in [3.63, 3.8) is 0 Å². The van der Waals surface area contributed by atoms with Crippen LogP contribution >= 0.6 is 0 Å². The van der Waals surface area contributed by atoms with E-state index < -0.39 is 13.9 Å². The van der Waals surface area contributed by atoms with Crippen LogP contribution in [0.25, 0.3) is 0 Å². The molecule has 1 aliphatic heterocycles. The molecular weight excluding hydrogens is 264 g/mol. The van der Waals surface area contributed by atoms with E-state index in [1.54, 1.807) is 0 Å². The van der Waals surface area contributed by atoms with Gasteiger partial charge < -0.3 is 9.47 Å². The average Bonchev–Trinajstić information content (AvgIpc) is 2.75. The fourth-order valence-corrected chi connectivity index (χ4v) is 8.94. The molecule has 0 unspecified atom stereocenters. The third-order valence-electron chi connectivity index (χ3n) is 4.77. The molecule has 1 aliphatic rings. The van der Waals surface area contributed by atoms with Crippen LogP contribution in [0.1, 0.15) is 61.3 Å².